The summed E-state index contributed by atoms with van der Waals surface area (Å²) < 4.78 is 12.7. The van der Waals surface area contributed by atoms with Gasteiger partial charge in [-0.3, -0.25) is 29.6 Å². The van der Waals surface area contributed by atoms with Crippen LogP contribution in [0, 0.1) is 34.1 Å². The van der Waals surface area contributed by atoms with E-state index in [2.05, 4.69) is 4.99 Å². The van der Waals surface area contributed by atoms with Crippen molar-refractivity contribution in [2.45, 2.75) is 33.7 Å². The van der Waals surface area contributed by atoms with Crippen LogP contribution in [0.15, 0.2) is 74.0 Å². The molecule has 2 aromatic heterocycles. The second kappa shape index (κ2) is 11.0. The molecule has 0 aliphatic carbocycles. The van der Waals surface area contributed by atoms with Gasteiger partial charge in [0.15, 0.2) is 4.80 Å². The minimum absolute atomic E-state index is 0.0390. The third-order valence-corrected chi connectivity index (χ3v) is 7.84. The van der Waals surface area contributed by atoms with E-state index in [1.807, 2.05) is 0 Å². The molecule has 2 aromatic carbocycles. The van der Waals surface area contributed by atoms with Crippen LogP contribution in [0.25, 0.3) is 17.4 Å². The second-order valence-electron chi connectivity index (χ2n) is 9.57. The molecule has 13 heteroatoms. The lowest BCUT2D eigenvalue weighted by Gasteiger charge is -2.24. The van der Waals surface area contributed by atoms with E-state index >= 15 is 0 Å². The lowest BCUT2D eigenvalue weighted by molar-refractivity contribution is -0.385. The molecule has 5 rings (SSSR count). The number of rotatable bonds is 7. The molecule has 3 heterocycles. The predicted molar refractivity (Wildman–Crippen MR) is 154 cm³/mol. The van der Waals surface area contributed by atoms with Crippen LogP contribution in [-0.2, 0) is 9.53 Å². The molecule has 0 unspecified atom stereocenters. The number of thiazole rings is 1. The summed E-state index contributed by atoms with van der Waals surface area (Å²) in [6.45, 7) is 6.62. The molecule has 214 valence electrons. The summed E-state index contributed by atoms with van der Waals surface area (Å²) in [7, 11) is 0. The third-order valence-electron chi connectivity index (χ3n) is 6.85. The summed E-state index contributed by atoms with van der Waals surface area (Å²) in [5, 5.41) is 23.1. The van der Waals surface area contributed by atoms with Crippen molar-refractivity contribution in [2.75, 3.05) is 6.61 Å². The first-order chi connectivity index (χ1) is 20.0. The Hall–Kier alpha value is -5.17. The Morgan fingerprint density at radius 3 is 2.38 bits per heavy atom. The SMILES string of the molecule is CCOC(=O)C1=C(C)N=c2s/c(=C/c3ccc(-c4ccc(C)c([N+](=O)[O-])c4)o3)c(=O)n2[C@@H]1c1ccc(C)c([N+](=O)[O-])c1. The van der Waals surface area contributed by atoms with Gasteiger partial charge in [-0.1, -0.05) is 35.6 Å². The summed E-state index contributed by atoms with van der Waals surface area (Å²) in [6.07, 6.45) is 1.52. The van der Waals surface area contributed by atoms with Crippen molar-refractivity contribution in [1.29, 1.82) is 0 Å². The minimum atomic E-state index is -1.01. The van der Waals surface area contributed by atoms with Crippen LogP contribution in [0.5, 0.6) is 0 Å². The van der Waals surface area contributed by atoms with Crippen LogP contribution in [-0.4, -0.2) is 27.0 Å². The number of nitrogens with zero attached hydrogens (tertiary/aromatic N) is 4. The Morgan fingerprint density at radius 2 is 1.71 bits per heavy atom. The number of carbonyl (C=O) groups is 1. The van der Waals surface area contributed by atoms with Crippen molar-refractivity contribution < 1.29 is 23.8 Å². The van der Waals surface area contributed by atoms with Gasteiger partial charge in [-0.05, 0) is 45.4 Å². The molecule has 12 nitrogen and oxygen atoms in total. The third kappa shape index (κ3) is 5.05. The molecule has 0 bridgehead atoms. The van der Waals surface area contributed by atoms with Gasteiger partial charge >= 0.3 is 5.97 Å². The molecular weight excluding hydrogens is 564 g/mol. The van der Waals surface area contributed by atoms with Gasteiger partial charge in [0.25, 0.3) is 16.9 Å². The summed E-state index contributed by atoms with van der Waals surface area (Å²) in [5.74, 6) is 0.0221. The fourth-order valence-corrected chi connectivity index (χ4v) is 5.80. The number of fused-ring (bicyclic) bond motifs is 1. The number of ether oxygens (including phenoxy) is 1. The number of hydrogen-bond donors (Lipinski definition) is 0. The Labute approximate surface area is 241 Å². The van der Waals surface area contributed by atoms with Crippen molar-refractivity contribution in [1.82, 2.24) is 4.57 Å². The molecule has 0 fully saturated rings. The fraction of sp³-hybridized carbons (Fsp3) is 0.207. The molecule has 0 saturated carbocycles. The van der Waals surface area contributed by atoms with Gasteiger partial charge in [0.05, 0.1) is 38.3 Å². The zero-order valence-electron chi connectivity index (χ0n) is 22.9. The van der Waals surface area contributed by atoms with E-state index in [0.717, 1.165) is 11.3 Å². The van der Waals surface area contributed by atoms with Crippen molar-refractivity contribution in [2.24, 2.45) is 4.99 Å². The highest BCUT2D eigenvalue weighted by Gasteiger charge is 2.34. The van der Waals surface area contributed by atoms with E-state index < -0.39 is 27.4 Å². The average Bonchev–Trinajstić information content (AvgIpc) is 3.52. The zero-order valence-corrected chi connectivity index (χ0v) is 23.8. The maximum atomic E-state index is 13.8. The molecule has 4 aromatic rings. The van der Waals surface area contributed by atoms with Crippen LogP contribution >= 0.6 is 11.3 Å². The Balaban J connectivity index is 1.65. The zero-order chi connectivity index (χ0) is 30.3. The lowest BCUT2D eigenvalue weighted by Crippen LogP contribution is -2.40. The standard InChI is InChI=1S/C29H24N4O8S/c1-5-40-28(35)25-17(4)30-29-31(26(25)19-9-7-16(3)22(13-19)33(38)39)27(34)24(42-29)14-20-10-11-23(41-20)18-8-6-15(2)21(12-18)32(36)37/h6-14,26H,5H2,1-4H3/b24-14+/t26-/m1/s1. The number of allylic oxidation sites excluding steroid dienone is 1. The largest absolute Gasteiger partial charge is 0.463 e. The predicted octanol–water partition coefficient (Wildman–Crippen LogP) is 4.49. The summed E-state index contributed by atoms with van der Waals surface area (Å²) in [6, 6.07) is 11.6. The number of benzene rings is 2. The van der Waals surface area contributed by atoms with E-state index in [-0.39, 0.29) is 28.1 Å². The molecule has 0 N–H and O–H groups in total. The quantitative estimate of drug-likeness (QED) is 0.173. The Kier molecular flexibility index (Phi) is 7.44. The maximum Gasteiger partial charge on any atom is 0.338 e. The first-order valence-electron chi connectivity index (χ1n) is 12.8. The van der Waals surface area contributed by atoms with Gasteiger partial charge in [0.1, 0.15) is 11.5 Å². The molecule has 0 spiro atoms. The van der Waals surface area contributed by atoms with Crippen LogP contribution in [0.4, 0.5) is 11.4 Å². The van der Waals surface area contributed by atoms with Crippen molar-refractivity contribution in [3.05, 3.63) is 122 Å². The highest BCUT2D eigenvalue weighted by Crippen LogP contribution is 2.33. The molecule has 0 amide bonds. The van der Waals surface area contributed by atoms with Crippen LogP contribution in [0.3, 0.4) is 0 Å². The summed E-state index contributed by atoms with van der Waals surface area (Å²) >= 11 is 1.07. The number of furan rings is 1. The number of esters is 1. The summed E-state index contributed by atoms with van der Waals surface area (Å²) in [5.41, 5.74) is 1.58. The van der Waals surface area contributed by atoms with E-state index in [1.54, 1.807) is 64.1 Å². The molecule has 1 aliphatic heterocycles. The van der Waals surface area contributed by atoms with Gasteiger partial charge in [0.2, 0.25) is 0 Å². The number of aryl methyl sites for hydroxylation is 2. The van der Waals surface area contributed by atoms with Crippen molar-refractivity contribution in [3.8, 4) is 11.3 Å². The number of nitro benzene ring substituents is 2. The number of aromatic nitrogens is 1. The molecule has 0 saturated heterocycles. The van der Waals surface area contributed by atoms with Crippen molar-refractivity contribution in [3.63, 3.8) is 0 Å². The summed E-state index contributed by atoms with van der Waals surface area (Å²) in [4.78, 5) is 53.8. The highest BCUT2D eigenvalue weighted by atomic mass is 32.1. The molecular formula is C29H24N4O8S. The molecule has 42 heavy (non-hydrogen) atoms. The van der Waals surface area contributed by atoms with Gasteiger partial charge in [-0.15, -0.1) is 0 Å². The minimum Gasteiger partial charge on any atom is -0.463 e. The van der Waals surface area contributed by atoms with E-state index in [4.69, 9.17) is 9.15 Å². The van der Waals surface area contributed by atoms with Crippen LogP contribution in [0.2, 0.25) is 0 Å². The molecule has 1 aliphatic rings. The van der Waals surface area contributed by atoms with Crippen molar-refractivity contribution >= 4 is 34.8 Å². The van der Waals surface area contributed by atoms with E-state index in [9.17, 15) is 29.8 Å². The molecule has 0 radical (unpaired) electrons. The van der Waals surface area contributed by atoms with Gasteiger partial charge in [-0.2, -0.15) is 0 Å². The number of nitro groups is 2. The Bertz CT molecular complexity index is 2000. The smallest absolute Gasteiger partial charge is 0.338 e. The van der Waals surface area contributed by atoms with Crippen LogP contribution < -0.4 is 14.9 Å². The first kappa shape index (κ1) is 28.4. The maximum absolute atomic E-state index is 13.8. The lowest BCUT2D eigenvalue weighted by atomic mass is 9.94. The molecule has 1 atom stereocenters. The Morgan fingerprint density at radius 1 is 1.05 bits per heavy atom. The van der Waals surface area contributed by atoms with Crippen LogP contribution in [0.1, 0.15) is 42.3 Å². The monoisotopic (exact) mass is 588 g/mol. The van der Waals surface area contributed by atoms with Gasteiger partial charge in [0, 0.05) is 34.9 Å². The normalized spacial score (nSPS) is 14.9. The van der Waals surface area contributed by atoms with E-state index in [0.29, 0.717) is 44.3 Å². The highest BCUT2D eigenvalue weighted by molar-refractivity contribution is 7.07. The second-order valence-corrected chi connectivity index (χ2v) is 10.6. The topological polar surface area (TPSA) is 160 Å². The van der Waals surface area contributed by atoms with E-state index in [1.165, 1.54) is 22.8 Å². The number of carbonyl (C=O) groups excluding carboxylic acids is 1. The number of hydrogen-bond acceptors (Lipinski definition) is 10. The first-order valence-corrected chi connectivity index (χ1v) is 13.6. The van der Waals surface area contributed by atoms with Gasteiger partial charge in [-0.25, -0.2) is 9.79 Å². The fourth-order valence-electron chi connectivity index (χ4n) is 4.77. The van der Waals surface area contributed by atoms with Gasteiger partial charge < -0.3 is 9.15 Å². The average molecular weight is 589 g/mol.